The van der Waals surface area contributed by atoms with Gasteiger partial charge in [-0.3, -0.25) is 0 Å². The van der Waals surface area contributed by atoms with Crippen molar-refractivity contribution in [2.45, 2.75) is 30.9 Å². The molecule has 2 heteroatoms. The highest BCUT2D eigenvalue weighted by molar-refractivity contribution is 5.34. The van der Waals surface area contributed by atoms with Crippen molar-refractivity contribution in [1.29, 1.82) is 0 Å². The predicted octanol–water partition coefficient (Wildman–Crippen LogP) is 3.32. The van der Waals surface area contributed by atoms with Crippen molar-refractivity contribution in [2.24, 2.45) is 5.73 Å². The first-order chi connectivity index (χ1) is 9.84. The van der Waals surface area contributed by atoms with E-state index in [-0.39, 0.29) is 18.1 Å². The summed E-state index contributed by atoms with van der Waals surface area (Å²) in [5.41, 5.74) is 8.75. The fourth-order valence-electron chi connectivity index (χ4n) is 3.03. The van der Waals surface area contributed by atoms with Crippen LogP contribution in [0.2, 0.25) is 0 Å². The molecule has 0 bridgehead atoms. The van der Waals surface area contributed by atoms with Gasteiger partial charge in [0, 0.05) is 18.6 Å². The van der Waals surface area contributed by atoms with Gasteiger partial charge in [0.05, 0.1) is 6.10 Å². The fraction of sp³-hybridized carbons (Fsp3) is 0.333. The standard InChI is InChI=1S/C18H21NO/c19-16-11-12-20-17(13-16)18(14-7-3-1-4-8-14)15-9-5-2-6-10-15/h1-10,16-18H,11-13,19H2/t16?,17-/m0/s1. The van der Waals surface area contributed by atoms with E-state index < -0.39 is 0 Å². The first-order valence-corrected chi connectivity index (χ1v) is 7.31. The van der Waals surface area contributed by atoms with Crippen LogP contribution in [0.15, 0.2) is 60.7 Å². The topological polar surface area (TPSA) is 35.2 Å². The molecule has 2 N–H and O–H groups in total. The second-order valence-electron chi connectivity index (χ2n) is 5.49. The molecule has 104 valence electrons. The highest BCUT2D eigenvalue weighted by Gasteiger charge is 2.30. The minimum absolute atomic E-state index is 0.170. The third-order valence-electron chi connectivity index (χ3n) is 4.04. The zero-order valence-corrected chi connectivity index (χ0v) is 11.6. The van der Waals surface area contributed by atoms with Crippen molar-refractivity contribution < 1.29 is 4.74 Å². The van der Waals surface area contributed by atoms with E-state index in [0.29, 0.717) is 0 Å². The second kappa shape index (κ2) is 6.21. The van der Waals surface area contributed by atoms with Crippen LogP contribution in [-0.4, -0.2) is 18.8 Å². The van der Waals surface area contributed by atoms with Crippen molar-refractivity contribution in [1.82, 2.24) is 0 Å². The summed E-state index contributed by atoms with van der Waals surface area (Å²) in [5, 5.41) is 0. The highest BCUT2D eigenvalue weighted by Crippen LogP contribution is 2.33. The number of ether oxygens (including phenoxy) is 1. The minimum atomic E-state index is 0.170. The van der Waals surface area contributed by atoms with Crippen molar-refractivity contribution in [3.05, 3.63) is 71.8 Å². The Hall–Kier alpha value is -1.64. The number of hydrogen-bond acceptors (Lipinski definition) is 2. The third-order valence-corrected chi connectivity index (χ3v) is 4.04. The summed E-state index contributed by atoms with van der Waals surface area (Å²) in [5.74, 6) is 0.267. The molecule has 0 aliphatic carbocycles. The molecule has 1 aliphatic heterocycles. The average Bonchev–Trinajstić information content (AvgIpc) is 2.50. The van der Waals surface area contributed by atoms with E-state index in [1.807, 2.05) is 0 Å². The van der Waals surface area contributed by atoms with Gasteiger partial charge in [0.25, 0.3) is 0 Å². The van der Waals surface area contributed by atoms with Gasteiger partial charge in [-0.05, 0) is 24.0 Å². The average molecular weight is 267 g/mol. The Morgan fingerprint density at radius 3 is 1.95 bits per heavy atom. The predicted molar refractivity (Wildman–Crippen MR) is 81.7 cm³/mol. The van der Waals surface area contributed by atoms with Gasteiger partial charge >= 0.3 is 0 Å². The maximum absolute atomic E-state index is 6.14. The van der Waals surface area contributed by atoms with Gasteiger partial charge in [-0.25, -0.2) is 0 Å². The van der Waals surface area contributed by atoms with Crippen LogP contribution in [0.4, 0.5) is 0 Å². The van der Waals surface area contributed by atoms with E-state index in [2.05, 4.69) is 60.7 Å². The van der Waals surface area contributed by atoms with Crippen molar-refractivity contribution >= 4 is 0 Å². The van der Waals surface area contributed by atoms with Gasteiger partial charge in [0.15, 0.2) is 0 Å². The Bertz CT molecular complexity index is 486. The Kier molecular flexibility index (Phi) is 4.14. The first kappa shape index (κ1) is 13.3. The first-order valence-electron chi connectivity index (χ1n) is 7.31. The lowest BCUT2D eigenvalue weighted by atomic mass is 9.83. The number of rotatable bonds is 3. The molecule has 1 fully saturated rings. The van der Waals surface area contributed by atoms with Gasteiger partial charge in [0.2, 0.25) is 0 Å². The van der Waals surface area contributed by atoms with E-state index in [0.717, 1.165) is 19.4 Å². The third kappa shape index (κ3) is 2.92. The summed E-state index contributed by atoms with van der Waals surface area (Å²) in [7, 11) is 0. The molecule has 0 aromatic heterocycles. The SMILES string of the molecule is NC1CCO[C@H](C(c2ccccc2)c2ccccc2)C1. The summed E-state index contributed by atoms with van der Waals surface area (Å²) in [6.45, 7) is 0.766. The maximum atomic E-state index is 6.14. The van der Waals surface area contributed by atoms with E-state index in [9.17, 15) is 0 Å². The van der Waals surface area contributed by atoms with Crippen molar-refractivity contribution in [3.63, 3.8) is 0 Å². The molecule has 2 nitrogen and oxygen atoms in total. The molecule has 20 heavy (non-hydrogen) atoms. The van der Waals surface area contributed by atoms with Crippen LogP contribution in [0, 0.1) is 0 Å². The Morgan fingerprint density at radius 2 is 1.45 bits per heavy atom. The summed E-state index contributed by atoms with van der Waals surface area (Å²) in [6, 6.07) is 21.5. The van der Waals surface area contributed by atoms with Crippen molar-refractivity contribution in [2.75, 3.05) is 6.61 Å². The van der Waals surface area contributed by atoms with Gasteiger partial charge in [-0.15, -0.1) is 0 Å². The second-order valence-corrected chi connectivity index (χ2v) is 5.49. The van der Waals surface area contributed by atoms with Gasteiger partial charge in [-0.1, -0.05) is 60.7 Å². The minimum Gasteiger partial charge on any atom is -0.377 e. The molecule has 0 radical (unpaired) electrons. The molecule has 0 spiro atoms. The van der Waals surface area contributed by atoms with E-state index >= 15 is 0 Å². The van der Waals surface area contributed by atoms with E-state index in [1.165, 1.54) is 11.1 Å². The van der Waals surface area contributed by atoms with E-state index in [1.54, 1.807) is 0 Å². The molecule has 1 unspecified atom stereocenters. The quantitative estimate of drug-likeness (QED) is 0.926. The molecule has 2 aromatic carbocycles. The molecule has 1 aliphatic rings. The zero-order valence-electron chi connectivity index (χ0n) is 11.6. The molecule has 0 saturated carbocycles. The Morgan fingerprint density at radius 1 is 0.900 bits per heavy atom. The molecule has 2 aromatic rings. The van der Waals surface area contributed by atoms with Crippen LogP contribution < -0.4 is 5.73 Å². The van der Waals surface area contributed by atoms with Gasteiger partial charge in [-0.2, -0.15) is 0 Å². The molecular weight excluding hydrogens is 246 g/mol. The number of nitrogens with two attached hydrogens (primary N) is 1. The van der Waals surface area contributed by atoms with Crippen molar-refractivity contribution in [3.8, 4) is 0 Å². The van der Waals surface area contributed by atoms with Crippen LogP contribution in [0.5, 0.6) is 0 Å². The smallest absolute Gasteiger partial charge is 0.0698 e. The van der Waals surface area contributed by atoms with E-state index in [4.69, 9.17) is 10.5 Å². The lowest BCUT2D eigenvalue weighted by molar-refractivity contribution is -0.00140. The summed E-state index contributed by atoms with van der Waals surface area (Å²) < 4.78 is 6.04. The molecular formula is C18H21NO. The lowest BCUT2D eigenvalue weighted by Crippen LogP contribution is -2.38. The maximum Gasteiger partial charge on any atom is 0.0698 e. The lowest BCUT2D eigenvalue weighted by Gasteiger charge is -2.34. The van der Waals surface area contributed by atoms with Crippen LogP contribution in [0.3, 0.4) is 0 Å². The molecule has 1 saturated heterocycles. The summed E-state index contributed by atoms with van der Waals surface area (Å²) >= 11 is 0. The Labute approximate surface area is 120 Å². The fourth-order valence-corrected chi connectivity index (χ4v) is 3.03. The van der Waals surface area contributed by atoms with Gasteiger partial charge in [0.1, 0.15) is 0 Å². The molecule has 2 atom stereocenters. The molecule has 0 amide bonds. The monoisotopic (exact) mass is 267 g/mol. The van der Waals surface area contributed by atoms with Crippen LogP contribution >= 0.6 is 0 Å². The highest BCUT2D eigenvalue weighted by atomic mass is 16.5. The Balaban J connectivity index is 1.95. The summed E-state index contributed by atoms with van der Waals surface area (Å²) in [4.78, 5) is 0. The molecule has 3 rings (SSSR count). The van der Waals surface area contributed by atoms with Crippen LogP contribution in [0.25, 0.3) is 0 Å². The number of benzene rings is 2. The van der Waals surface area contributed by atoms with Crippen LogP contribution in [0.1, 0.15) is 29.9 Å². The summed E-state index contributed by atoms with van der Waals surface area (Å²) in [6.07, 6.45) is 2.06. The molecule has 1 heterocycles. The van der Waals surface area contributed by atoms with Crippen LogP contribution in [-0.2, 0) is 4.74 Å². The van der Waals surface area contributed by atoms with Gasteiger partial charge < -0.3 is 10.5 Å². The number of hydrogen-bond donors (Lipinski definition) is 1. The zero-order chi connectivity index (χ0) is 13.8. The normalized spacial score (nSPS) is 22.9. The largest absolute Gasteiger partial charge is 0.377 e.